The van der Waals surface area contributed by atoms with E-state index in [4.69, 9.17) is 5.73 Å². The molecule has 3 N–H and O–H groups in total. The molecule has 3 atom stereocenters. The molecule has 0 spiro atoms. The van der Waals surface area contributed by atoms with E-state index in [1.54, 1.807) is 17.0 Å². The zero-order valence-electron chi connectivity index (χ0n) is 12.0. The molecule has 0 radical (unpaired) electrons. The molecule has 1 saturated carbocycles. The standard InChI is InChI=1S/C13H18F4N4O/c1-21-11(9(18)6-19-21)7-2-4-8(14)10(5-3-7)20-12(22)13(15,16)17/h6-8,10H,2-5,18H2,1H3,(H,20,22)/t7-,8-,10-/m1/s1. The van der Waals surface area contributed by atoms with Gasteiger partial charge in [-0.25, -0.2) is 4.39 Å². The lowest BCUT2D eigenvalue weighted by atomic mass is 9.95. The Kier molecular flexibility index (Phi) is 4.62. The number of nitrogens with two attached hydrogens (primary N) is 1. The average molecular weight is 322 g/mol. The quantitative estimate of drug-likeness (QED) is 0.646. The zero-order valence-corrected chi connectivity index (χ0v) is 12.0. The number of hydrogen-bond acceptors (Lipinski definition) is 3. The monoisotopic (exact) mass is 322 g/mol. The van der Waals surface area contributed by atoms with Gasteiger partial charge in [-0.2, -0.15) is 18.3 Å². The van der Waals surface area contributed by atoms with Gasteiger partial charge in [0.2, 0.25) is 0 Å². The summed E-state index contributed by atoms with van der Waals surface area (Å²) in [5.41, 5.74) is 7.08. The van der Waals surface area contributed by atoms with Crippen LogP contribution in [0.25, 0.3) is 0 Å². The molecule has 1 amide bonds. The molecule has 124 valence electrons. The molecule has 0 aromatic carbocycles. The maximum atomic E-state index is 14.0. The summed E-state index contributed by atoms with van der Waals surface area (Å²) in [5.74, 6) is -2.18. The number of carbonyl (C=O) groups is 1. The third kappa shape index (κ3) is 3.50. The molecule has 1 aromatic heterocycles. The van der Waals surface area contributed by atoms with Gasteiger partial charge in [0.25, 0.3) is 0 Å². The molecule has 0 unspecified atom stereocenters. The van der Waals surface area contributed by atoms with Crippen LogP contribution in [-0.2, 0) is 11.8 Å². The second-order valence-corrected chi connectivity index (χ2v) is 5.55. The van der Waals surface area contributed by atoms with Crippen molar-refractivity contribution in [3.8, 4) is 0 Å². The summed E-state index contributed by atoms with van der Waals surface area (Å²) in [7, 11) is 1.71. The van der Waals surface area contributed by atoms with Crippen LogP contribution in [0.2, 0.25) is 0 Å². The summed E-state index contributed by atoms with van der Waals surface area (Å²) in [6, 6.07) is -1.13. The first-order valence-corrected chi connectivity index (χ1v) is 6.99. The average Bonchev–Trinajstić information content (AvgIpc) is 2.64. The maximum absolute atomic E-state index is 14.0. The van der Waals surface area contributed by atoms with Crippen LogP contribution >= 0.6 is 0 Å². The number of hydrogen-bond donors (Lipinski definition) is 2. The molecule has 2 rings (SSSR count). The summed E-state index contributed by atoms with van der Waals surface area (Å²) in [6.07, 6.45) is -3.94. The topological polar surface area (TPSA) is 72.9 Å². The third-order valence-corrected chi connectivity index (χ3v) is 4.03. The number of halogens is 4. The van der Waals surface area contributed by atoms with E-state index in [1.807, 2.05) is 0 Å². The molecular formula is C13H18F4N4O. The second kappa shape index (κ2) is 6.13. The molecule has 1 heterocycles. The van der Waals surface area contributed by atoms with E-state index < -0.39 is 24.3 Å². The first kappa shape index (κ1) is 16.6. The Morgan fingerprint density at radius 3 is 2.55 bits per heavy atom. The molecule has 1 aliphatic carbocycles. The molecule has 0 bridgehead atoms. The molecule has 9 heteroatoms. The Hall–Kier alpha value is -1.80. The summed E-state index contributed by atoms with van der Waals surface area (Å²) in [5, 5.41) is 5.77. The summed E-state index contributed by atoms with van der Waals surface area (Å²) >= 11 is 0. The minimum Gasteiger partial charge on any atom is -0.396 e. The smallest absolute Gasteiger partial charge is 0.396 e. The van der Waals surface area contributed by atoms with Crippen molar-refractivity contribution in [2.24, 2.45) is 7.05 Å². The van der Waals surface area contributed by atoms with Gasteiger partial charge in [-0.15, -0.1) is 0 Å². The number of aromatic nitrogens is 2. The SMILES string of the molecule is Cn1ncc(N)c1[C@@H]1CC[C@@H](F)[C@H](NC(=O)C(F)(F)F)CC1. The van der Waals surface area contributed by atoms with E-state index >= 15 is 0 Å². The minimum absolute atomic E-state index is 0.0676. The van der Waals surface area contributed by atoms with Crippen LogP contribution < -0.4 is 11.1 Å². The number of alkyl halides is 4. The normalized spacial score (nSPS) is 26.5. The lowest BCUT2D eigenvalue weighted by Gasteiger charge is -2.20. The van der Waals surface area contributed by atoms with Crippen molar-refractivity contribution in [2.75, 3.05) is 5.73 Å². The van der Waals surface area contributed by atoms with Crippen LogP contribution in [0.4, 0.5) is 23.2 Å². The number of amides is 1. The van der Waals surface area contributed by atoms with Gasteiger partial charge < -0.3 is 11.1 Å². The van der Waals surface area contributed by atoms with Crippen LogP contribution in [0.5, 0.6) is 0 Å². The van der Waals surface area contributed by atoms with Crippen molar-refractivity contribution in [1.82, 2.24) is 15.1 Å². The molecule has 22 heavy (non-hydrogen) atoms. The number of aryl methyl sites for hydroxylation is 1. The van der Waals surface area contributed by atoms with Gasteiger partial charge in [-0.05, 0) is 25.7 Å². The van der Waals surface area contributed by atoms with Gasteiger partial charge in [0.05, 0.1) is 23.6 Å². The number of nitrogen functional groups attached to an aromatic ring is 1. The van der Waals surface area contributed by atoms with Gasteiger partial charge in [-0.1, -0.05) is 0 Å². The van der Waals surface area contributed by atoms with Crippen LogP contribution in [-0.4, -0.2) is 34.1 Å². The fourth-order valence-electron chi connectivity index (χ4n) is 2.92. The first-order valence-electron chi connectivity index (χ1n) is 6.99. The summed E-state index contributed by atoms with van der Waals surface area (Å²) < 4.78 is 52.5. The number of nitrogens with zero attached hydrogens (tertiary/aromatic N) is 2. The van der Waals surface area contributed by atoms with Gasteiger partial charge in [0.15, 0.2) is 0 Å². The van der Waals surface area contributed by atoms with Gasteiger partial charge in [0, 0.05) is 13.0 Å². The largest absolute Gasteiger partial charge is 0.471 e. The van der Waals surface area contributed by atoms with E-state index in [0.717, 1.165) is 5.69 Å². The Morgan fingerprint density at radius 2 is 2.00 bits per heavy atom. The zero-order chi connectivity index (χ0) is 16.5. The van der Waals surface area contributed by atoms with Crippen molar-refractivity contribution in [3.05, 3.63) is 11.9 Å². The highest BCUT2D eigenvalue weighted by Crippen LogP contribution is 2.35. The Morgan fingerprint density at radius 1 is 1.36 bits per heavy atom. The second-order valence-electron chi connectivity index (χ2n) is 5.55. The van der Waals surface area contributed by atoms with Crippen LogP contribution in [0.1, 0.15) is 37.3 Å². The van der Waals surface area contributed by atoms with Crippen molar-refractivity contribution < 1.29 is 22.4 Å². The number of nitrogens with one attached hydrogen (secondary N) is 1. The molecule has 1 fully saturated rings. The molecule has 1 aromatic rings. The van der Waals surface area contributed by atoms with Crippen molar-refractivity contribution in [1.29, 1.82) is 0 Å². The molecule has 5 nitrogen and oxygen atoms in total. The van der Waals surface area contributed by atoms with Gasteiger partial charge in [-0.3, -0.25) is 9.48 Å². The van der Waals surface area contributed by atoms with E-state index in [2.05, 4.69) is 5.10 Å². The summed E-state index contributed by atoms with van der Waals surface area (Å²) in [6.45, 7) is 0. The van der Waals surface area contributed by atoms with E-state index in [-0.39, 0.29) is 18.8 Å². The molecule has 1 aliphatic rings. The lowest BCUT2D eigenvalue weighted by Crippen LogP contribution is -2.46. The van der Waals surface area contributed by atoms with Crippen molar-refractivity contribution in [2.45, 2.75) is 50.0 Å². The van der Waals surface area contributed by atoms with Crippen molar-refractivity contribution >= 4 is 11.6 Å². The molecular weight excluding hydrogens is 304 g/mol. The van der Waals surface area contributed by atoms with Crippen molar-refractivity contribution in [3.63, 3.8) is 0 Å². The fraction of sp³-hybridized carbons (Fsp3) is 0.692. The fourth-order valence-corrected chi connectivity index (χ4v) is 2.92. The van der Waals surface area contributed by atoms with Crippen LogP contribution in [0, 0.1) is 0 Å². The van der Waals surface area contributed by atoms with E-state index in [1.165, 1.54) is 6.20 Å². The molecule has 0 aliphatic heterocycles. The van der Waals surface area contributed by atoms with E-state index in [0.29, 0.717) is 18.5 Å². The highest BCUT2D eigenvalue weighted by molar-refractivity contribution is 5.82. The predicted octanol–water partition coefficient (Wildman–Crippen LogP) is 2.05. The summed E-state index contributed by atoms with van der Waals surface area (Å²) in [4.78, 5) is 11.0. The number of rotatable bonds is 2. The van der Waals surface area contributed by atoms with E-state index in [9.17, 15) is 22.4 Å². The Labute approximate surface area is 124 Å². The molecule has 0 saturated heterocycles. The minimum atomic E-state index is -5.00. The Bertz CT molecular complexity index is 523. The maximum Gasteiger partial charge on any atom is 0.471 e. The highest BCUT2D eigenvalue weighted by atomic mass is 19.4. The first-order chi connectivity index (χ1) is 10.2. The predicted molar refractivity (Wildman–Crippen MR) is 71.7 cm³/mol. The van der Waals surface area contributed by atoms with Gasteiger partial charge >= 0.3 is 12.1 Å². The number of carbonyl (C=O) groups excluding carboxylic acids is 1. The van der Waals surface area contributed by atoms with Crippen LogP contribution in [0.15, 0.2) is 6.20 Å². The lowest BCUT2D eigenvalue weighted by molar-refractivity contribution is -0.174. The third-order valence-electron chi connectivity index (χ3n) is 4.03. The highest BCUT2D eigenvalue weighted by Gasteiger charge is 2.41. The van der Waals surface area contributed by atoms with Crippen LogP contribution in [0.3, 0.4) is 0 Å². The number of anilines is 1. The van der Waals surface area contributed by atoms with Gasteiger partial charge in [0.1, 0.15) is 6.17 Å². The Balaban J connectivity index is 2.06.